The third-order valence-corrected chi connectivity index (χ3v) is 4.76. The zero-order chi connectivity index (χ0) is 17.1. The molecule has 24 heavy (non-hydrogen) atoms. The normalized spacial score (nSPS) is 16.1. The number of carbonyl (C=O) groups excluding carboxylic acids is 1. The highest BCUT2D eigenvalue weighted by Crippen LogP contribution is 2.21. The van der Waals surface area contributed by atoms with E-state index in [1.165, 1.54) is 0 Å². The van der Waals surface area contributed by atoms with Gasteiger partial charge in [-0.15, -0.1) is 0 Å². The average Bonchev–Trinajstić information content (AvgIpc) is 3.07. The molecule has 1 amide bonds. The summed E-state index contributed by atoms with van der Waals surface area (Å²) >= 11 is 3.37. The molecule has 3 rings (SSSR count). The summed E-state index contributed by atoms with van der Waals surface area (Å²) in [6, 6.07) is 7.75. The van der Waals surface area contributed by atoms with Crippen LogP contribution >= 0.6 is 15.9 Å². The second kappa shape index (κ2) is 7.25. The van der Waals surface area contributed by atoms with Crippen LogP contribution in [0.1, 0.15) is 13.0 Å². The van der Waals surface area contributed by atoms with E-state index in [0.717, 1.165) is 42.1 Å². The van der Waals surface area contributed by atoms with Gasteiger partial charge in [0.05, 0.1) is 17.8 Å². The number of aromatic nitrogens is 2. The Morgan fingerprint density at radius 3 is 2.42 bits per heavy atom. The van der Waals surface area contributed by atoms with Crippen molar-refractivity contribution >= 4 is 27.5 Å². The standard InChI is InChI=1S/C17H21BrN4O2/c1-13(22-12-14(18)11-19-22)17(23)21-9-7-20(8-10-21)15-3-5-16(24-2)6-4-15/h3-6,11-13H,7-10H2,1-2H3. The fourth-order valence-electron chi connectivity index (χ4n) is 2.88. The summed E-state index contributed by atoms with van der Waals surface area (Å²) in [7, 11) is 1.67. The molecule has 1 aliphatic rings. The molecule has 1 aromatic carbocycles. The summed E-state index contributed by atoms with van der Waals surface area (Å²) in [6.07, 6.45) is 3.53. The minimum absolute atomic E-state index is 0.111. The molecule has 6 nitrogen and oxygen atoms in total. The van der Waals surface area contributed by atoms with Crippen LogP contribution in [0.15, 0.2) is 41.1 Å². The van der Waals surface area contributed by atoms with Gasteiger partial charge in [0.2, 0.25) is 5.91 Å². The topological polar surface area (TPSA) is 50.6 Å². The van der Waals surface area contributed by atoms with Crippen molar-refractivity contribution in [2.45, 2.75) is 13.0 Å². The monoisotopic (exact) mass is 392 g/mol. The largest absolute Gasteiger partial charge is 0.497 e. The number of anilines is 1. The minimum atomic E-state index is -0.288. The van der Waals surface area contributed by atoms with Crippen molar-refractivity contribution in [1.29, 1.82) is 0 Å². The quantitative estimate of drug-likeness (QED) is 0.801. The van der Waals surface area contributed by atoms with Gasteiger partial charge in [0.15, 0.2) is 0 Å². The third kappa shape index (κ3) is 3.56. The predicted octanol–water partition coefficient (Wildman–Crippen LogP) is 2.56. The Bertz CT molecular complexity index is 693. The second-order valence-corrected chi connectivity index (χ2v) is 6.74. The number of nitrogens with zero attached hydrogens (tertiary/aromatic N) is 4. The third-order valence-electron chi connectivity index (χ3n) is 4.35. The fraction of sp³-hybridized carbons (Fsp3) is 0.412. The van der Waals surface area contributed by atoms with Crippen LogP contribution in [0.25, 0.3) is 0 Å². The smallest absolute Gasteiger partial charge is 0.247 e. The van der Waals surface area contributed by atoms with Gasteiger partial charge in [0.1, 0.15) is 11.8 Å². The Morgan fingerprint density at radius 2 is 1.88 bits per heavy atom. The summed E-state index contributed by atoms with van der Waals surface area (Å²) in [5.41, 5.74) is 1.16. The van der Waals surface area contributed by atoms with Gasteiger partial charge in [-0.3, -0.25) is 9.48 Å². The van der Waals surface area contributed by atoms with E-state index in [4.69, 9.17) is 4.74 Å². The van der Waals surface area contributed by atoms with E-state index >= 15 is 0 Å². The van der Waals surface area contributed by atoms with Crippen molar-refractivity contribution in [1.82, 2.24) is 14.7 Å². The number of methoxy groups -OCH3 is 1. The molecule has 1 aliphatic heterocycles. The average molecular weight is 393 g/mol. The Hall–Kier alpha value is -2.02. The first-order valence-electron chi connectivity index (χ1n) is 7.96. The van der Waals surface area contributed by atoms with Gasteiger partial charge in [0.25, 0.3) is 0 Å². The fourth-order valence-corrected chi connectivity index (χ4v) is 3.18. The predicted molar refractivity (Wildman–Crippen MR) is 96.4 cm³/mol. The lowest BCUT2D eigenvalue weighted by molar-refractivity contribution is -0.134. The number of amides is 1. The molecular weight excluding hydrogens is 372 g/mol. The van der Waals surface area contributed by atoms with Crippen LogP contribution in [0.2, 0.25) is 0 Å². The maximum atomic E-state index is 12.6. The maximum Gasteiger partial charge on any atom is 0.247 e. The molecule has 1 fully saturated rings. The van der Waals surface area contributed by atoms with Gasteiger partial charge in [-0.1, -0.05) is 0 Å². The van der Waals surface area contributed by atoms with E-state index < -0.39 is 0 Å². The number of halogens is 1. The number of piperazine rings is 1. The molecule has 1 saturated heterocycles. The molecule has 0 aliphatic carbocycles. The molecule has 128 valence electrons. The second-order valence-electron chi connectivity index (χ2n) is 5.82. The number of rotatable bonds is 4. The lowest BCUT2D eigenvalue weighted by Crippen LogP contribution is -2.50. The highest BCUT2D eigenvalue weighted by Gasteiger charge is 2.26. The highest BCUT2D eigenvalue weighted by atomic mass is 79.9. The number of hydrogen-bond acceptors (Lipinski definition) is 4. The molecule has 0 bridgehead atoms. The maximum absolute atomic E-state index is 12.6. The molecule has 7 heteroatoms. The lowest BCUT2D eigenvalue weighted by atomic mass is 10.2. The molecular formula is C17H21BrN4O2. The van der Waals surface area contributed by atoms with Gasteiger partial charge < -0.3 is 14.5 Å². The van der Waals surface area contributed by atoms with E-state index in [1.807, 2.05) is 30.2 Å². The summed E-state index contributed by atoms with van der Waals surface area (Å²) < 4.78 is 7.77. The molecule has 1 atom stereocenters. The summed E-state index contributed by atoms with van der Waals surface area (Å²) in [6.45, 7) is 4.98. The first kappa shape index (κ1) is 16.8. The SMILES string of the molecule is COc1ccc(N2CCN(C(=O)C(C)n3cc(Br)cn3)CC2)cc1. The van der Waals surface area contributed by atoms with Crippen LogP contribution in [-0.2, 0) is 4.79 Å². The Labute approximate surface area is 150 Å². The van der Waals surface area contributed by atoms with E-state index in [-0.39, 0.29) is 11.9 Å². The van der Waals surface area contributed by atoms with Gasteiger partial charge >= 0.3 is 0 Å². The zero-order valence-corrected chi connectivity index (χ0v) is 15.4. The Kier molecular flexibility index (Phi) is 5.08. The van der Waals surface area contributed by atoms with Crippen LogP contribution in [0.3, 0.4) is 0 Å². The van der Waals surface area contributed by atoms with Gasteiger partial charge in [0, 0.05) is 38.1 Å². The molecule has 1 unspecified atom stereocenters. The van der Waals surface area contributed by atoms with E-state index in [2.05, 4.69) is 38.1 Å². The minimum Gasteiger partial charge on any atom is -0.497 e. The first-order chi connectivity index (χ1) is 11.6. The van der Waals surface area contributed by atoms with Crippen LogP contribution in [0, 0.1) is 0 Å². The van der Waals surface area contributed by atoms with Crippen molar-refractivity contribution in [3.63, 3.8) is 0 Å². The lowest BCUT2D eigenvalue weighted by Gasteiger charge is -2.37. The van der Waals surface area contributed by atoms with E-state index in [1.54, 1.807) is 18.0 Å². The molecule has 1 aromatic heterocycles. The van der Waals surface area contributed by atoms with E-state index in [9.17, 15) is 4.79 Å². The van der Waals surface area contributed by atoms with Crippen molar-refractivity contribution in [2.24, 2.45) is 0 Å². The molecule has 2 heterocycles. The van der Waals surface area contributed by atoms with E-state index in [0.29, 0.717) is 0 Å². The molecule has 0 saturated carbocycles. The van der Waals surface area contributed by atoms with Crippen LogP contribution in [0.5, 0.6) is 5.75 Å². The summed E-state index contributed by atoms with van der Waals surface area (Å²) in [5, 5.41) is 4.21. The number of benzene rings is 1. The van der Waals surface area contributed by atoms with Crippen LogP contribution < -0.4 is 9.64 Å². The number of ether oxygens (including phenoxy) is 1. The van der Waals surface area contributed by atoms with Gasteiger partial charge in [-0.25, -0.2) is 0 Å². The molecule has 0 radical (unpaired) electrons. The van der Waals surface area contributed by atoms with Crippen LogP contribution in [0.4, 0.5) is 5.69 Å². The van der Waals surface area contributed by atoms with Crippen molar-refractivity contribution < 1.29 is 9.53 Å². The first-order valence-corrected chi connectivity index (χ1v) is 8.75. The zero-order valence-electron chi connectivity index (χ0n) is 13.9. The Balaban J connectivity index is 1.58. The van der Waals surface area contributed by atoms with Crippen molar-refractivity contribution in [2.75, 3.05) is 38.2 Å². The van der Waals surface area contributed by atoms with Crippen molar-refractivity contribution in [3.8, 4) is 5.75 Å². The Morgan fingerprint density at radius 1 is 1.21 bits per heavy atom. The molecule has 2 aromatic rings. The summed E-state index contributed by atoms with van der Waals surface area (Å²) in [5.74, 6) is 0.965. The summed E-state index contributed by atoms with van der Waals surface area (Å²) in [4.78, 5) is 16.9. The number of carbonyl (C=O) groups is 1. The van der Waals surface area contributed by atoms with Gasteiger partial charge in [-0.05, 0) is 47.1 Å². The van der Waals surface area contributed by atoms with Gasteiger partial charge in [-0.2, -0.15) is 5.10 Å². The number of hydrogen-bond donors (Lipinski definition) is 0. The van der Waals surface area contributed by atoms with Crippen molar-refractivity contribution in [3.05, 3.63) is 41.1 Å². The molecule has 0 N–H and O–H groups in total. The van der Waals surface area contributed by atoms with Crippen LogP contribution in [-0.4, -0.2) is 53.9 Å². The molecule has 0 spiro atoms. The highest BCUT2D eigenvalue weighted by molar-refractivity contribution is 9.10.